The van der Waals surface area contributed by atoms with Crippen LogP contribution >= 0.6 is 0 Å². The van der Waals surface area contributed by atoms with Crippen LogP contribution in [0.5, 0.6) is 17.2 Å². The minimum Gasteiger partial charge on any atom is -0.495 e. The van der Waals surface area contributed by atoms with Gasteiger partial charge >= 0.3 is 0 Å². The number of carbonyl (C=O) groups excluding carboxylic acids is 1. The van der Waals surface area contributed by atoms with Crippen molar-refractivity contribution in [2.45, 2.75) is 31.7 Å². The fourth-order valence-corrected chi connectivity index (χ4v) is 4.86. The van der Waals surface area contributed by atoms with Gasteiger partial charge in [-0.1, -0.05) is 18.2 Å². The van der Waals surface area contributed by atoms with Crippen molar-refractivity contribution >= 4 is 11.6 Å². The van der Waals surface area contributed by atoms with Gasteiger partial charge < -0.3 is 24.0 Å². The monoisotopic (exact) mass is 422 g/mol. The molecule has 1 amide bonds. The molecule has 2 fully saturated rings. The first-order chi connectivity index (χ1) is 15.2. The molecule has 31 heavy (non-hydrogen) atoms. The highest BCUT2D eigenvalue weighted by Gasteiger charge is 2.47. The van der Waals surface area contributed by atoms with Gasteiger partial charge in [-0.15, -0.1) is 0 Å². The molecule has 1 aliphatic carbocycles. The molecule has 1 saturated carbocycles. The van der Waals surface area contributed by atoms with Crippen molar-refractivity contribution < 1.29 is 19.0 Å². The number of nitrogens with zero attached hydrogens (tertiary/aromatic N) is 2. The van der Waals surface area contributed by atoms with E-state index in [1.807, 2.05) is 24.3 Å². The van der Waals surface area contributed by atoms with Gasteiger partial charge in [0.1, 0.15) is 19.0 Å². The smallest absolute Gasteiger partial charge is 0.226 e. The number of carbonyl (C=O) groups is 1. The minimum absolute atomic E-state index is 0.0721. The number of benzene rings is 2. The molecule has 0 spiro atoms. The molecule has 6 heteroatoms. The molecule has 2 heterocycles. The van der Waals surface area contributed by atoms with Crippen molar-refractivity contribution in [2.24, 2.45) is 5.92 Å². The minimum atomic E-state index is 0.0721. The maximum Gasteiger partial charge on any atom is 0.226 e. The standard InChI is InChI=1S/C25H30N2O4/c1-17-9-10-26(21-5-3-4-6-22(21)29-2)11-12-27(17)25(28)20-16-19(20)18-7-8-23-24(15-18)31-14-13-30-23/h3-8,15,17,19-20H,9-14,16H2,1-2H3/t17-,19-,20+/m0/s1. The number of ether oxygens (including phenoxy) is 3. The average molecular weight is 423 g/mol. The Balaban J connectivity index is 1.26. The van der Waals surface area contributed by atoms with Gasteiger partial charge in [-0.2, -0.15) is 0 Å². The van der Waals surface area contributed by atoms with E-state index in [0.29, 0.717) is 13.2 Å². The van der Waals surface area contributed by atoms with Crippen molar-refractivity contribution in [3.8, 4) is 17.2 Å². The zero-order valence-corrected chi connectivity index (χ0v) is 18.3. The first-order valence-electron chi connectivity index (χ1n) is 11.2. The molecule has 164 valence electrons. The fraction of sp³-hybridized carbons (Fsp3) is 0.480. The van der Waals surface area contributed by atoms with E-state index in [0.717, 1.165) is 55.4 Å². The van der Waals surface area contributed by atoms with E-state index < -0.39 is 0 Å². The molecule has 0 radical (unpaired) electrons. The fourth-order valence-electron chi connectivity index (χ4n) is 4.86. The number of amides is 1. The summed E-state index contributed by atoms with van der Waals surface area (Å²) in [5.41, 5.74) is 2.28. The lowest BCUT2D eigenvalue weighted by Crippen LogP contribution is -2.41. The Hall–Kier alpha value is -2.89. The van der Waals surface area contributed by atoms with Gasteiger partial charge in [0.25, 0.3) is 0 Å². The molecule has 2 aliphatic heterocycles. The van der Waals surface area contributed by atoms with E-state index >= 15 is 0 Å². The molecule has 2 aromatic rings. The van der Waals surface area contributed by atoms with Gasteiger partial charge in [0.2, 0.25) is 5.91 Å². The molecular weight excluding hydrogens is 392 g/mol. The zero-order valence-electron chi connectivity index (χ0n) is 18.3. The normalized spacial score (nSPS) is 25.0. The Labute approximate surface area is 183 Å². The van der Waals surface area contributed by atoms with Crippen LogP contribution in [0.2, 0.25) is 0 Å². The van der Waals surface area contributed by atoms with Crippen LogP contribution in [-0.2, 0) is 4.79 Å². The van der Waals surface area contributed by atoms with Crippen LogP contribution in [0.15, 0.2) is 42.5 Å². The number of hydrogen-bond donors (Lipinski definition) is 0. The summed E-state index contributed by atoms with van der Waals surface area (Å²) >= 11 is 0. The third-order valence-electron chi connectivity index (χ3n) is 6.77. The maximum atomic E-state index is 13.4. The lowest BCUT2D eigenvalue weighted by atomic mass is 10.1. The van der Waals surface area contributed by atoms with Crippen molar-refractivity contribution in [3.63, 3.8) is 0 Å². The Kier molecular flexibility index (Phi) is 5.38. The van der Waals surface area contributed by atoms with Gasteiger partial charge in [-0.3, -0.25) is 4.79 Å². The summed E-state index contributed by atoms with van der Waals surface area (Å²) in [6.45, 7) is 5.82. The van der Waals surface area contributed by atoms with E-state index in [1.54, 1.807) is 7.11 Å². The van der Waals surface area contributed by atoms with Crippen LogP contribution in [0.3, 0.4) is 0 Å². The molecule has 2 aromatic carbocycles. The number of para-hydroxylation sites is 2. The average Bonchev–Trinajstić information content (AvgIpc) is 3.63. The predicted molar refractivity (Wildman–Crippen MR) is 119 cm³/mol. The highest BCUT2D eigenvalue weighted by Crippen LogP contribution is 2.50. The molecule has 0 unspecified atom stereocenters. The van der Waals surface area contributed by atoms with Crippen LogP contribution in [0.4, 0.5) is 5.69 Å². The van der Waals surface area contributed by atoms with Crippen LogP contribution in [0, 0.1) is 5.92 Å². The summed E-state index contributed by atoms with van der Waals surface area (Å²) in [4.78, 5) is 17.8. The number of methoxy groups -OCH3 is 1. The van der Waals surface area contributed by atoms with Crippen LogP contribution in [0.25, 0.3) is 0 Å². The molecule has 0 bridgehead atoms. The SMILES string of the molecule is COc1ccccc1N1CC[C@H](C)N(C(=O)[C@@H]2C[C@H]2c2ccc3c(c2)OCCO3)CC1. The molecular formula is C25H30N2O4. The van der Waals surface area contributed by atoms with E-state index in [9.17, 15) is 4.79 Å². The van der Waals surface area contributed by atoms with Crippen LogP contribution < -0.4 is 19.1 Å². The van der Waals surface area contributed by atoms with Gasteiger partial charge in [0.05, 0.1) is 12.8 Å². The molecule has 0 N–H and O–H groups in total. The largest absolute Gasteiger partial charge is 0.495 e. The van der Waals surface area contributed by atoms with E-state index in [2.05, 4.69) is 34.9 Å². The van der Waals surface area contributed by atoms with Gasteiger partial charge in [-0.25, -0.2) is 0 Å². The Bertz CT molecular complexity index is 962. The summed E-state index contributed by atoms with van der Waals surface area (Å²) in [6.07, 6.45) is 1.86. The van der Waals surface area contributed by atoms with E-state index in [-0.39, 0.29) is 23.8 Å². The predicted octanol–water partition coefficient (Wildman–Crippen LogP) is 3.70. The number of hydrogen-bond acceptors (Lipinski definition) is 5. The quantitative estimate of drug-likeness (QED) is 0.752. The molecule has 3 aliphatic rings. The molecule has 6 nitrogen and oxygen atoms in total. The summed E-state index contributed by atoms with van der Waals surface area (Å²) in [5, 5.41) is 0. The van der Waals surface area contributed by atoms with Crippen LogP contribution in [-0.4, -0.2) is 56.8 Å². The van der Waals surface area contributed by atoms with Crippen LogP contribution in [0.1, 0.15) is 31.2 Å². The lowest BCUT2D eigenvalue weighted by molar-refractivity contribution is -0.134. The van der Waals surface area contributed by atoms with Crippen molar-refractivity contribution in [2.75, 3.05) is 44.9 Å². The first kappa shape index (κ1) is 20.0. The topological polar surface area (TPSA) is 51.2 Å². The second kappa shape index (κ2) is 8.33. The first-order valence-corrected chi connectivity index (χ1v) is 11.2. The van der Waals surface area contributed by atoms with Gasteiger partial charge in [-0.05, 0) is 55.5 Å². The van der Waals surface area contributed by atoms with Crippen molar-refractivity contribution in [3.05, 3.63) is 48.0 Å². The Morgan fingerprint density at radius 1 is 1.03 bits per heavy atom. The Morgan fingerprint density at radius 3 is 2.68 bits per heavy atom. The zero-order chi connectivity index (χ0) is 21.4. The number of rotatable bonds is 4. The second-order valence-electron chi connectivity index (χ2n) is 8.68. The van der Waals surface area contributed by atoms with E-state index in [4.69, 9.17) is 14.2 Å². The molecule has 0 aromatic heterocycles. The third kappa shape index (κ3) is 3.91. The highest BCUT2D eigenvalue weighted by atomic mass is 16.6. The molecule has 5 rings (SSSR count). The highest BCUT2D eigenvalue weighted by molar-refractivity contribution is 5.83. The van der Waals surface area contributed by atoms with Gasteiger partial charge in [0, 0.05) is 31.6 Å². The summed E-state index contributed by atoms with van der Waals surface area (Å²) in [7, 11) is 1.71. The number of fused-ring (bicyclic) bond motifs is 1. The van der Waals surface area contributed by atoms with Gasteiger partial charge in [0.15, 0.2) is 11.5 Å². The lowest BCUT2D eigenvalue weighted by Gasteiger charge is -2.27. The summed E-state index contributed by atoms with van der Waals surface area (Å²) in [5.74, 6) is 3.13. The van der Waals surface area contributed by atoms with Crippen molar-refractivity contribution in [1.82, 2.24) is 4.90 Å². The third-order valence-corrected chi connectivity index (χ3v) is 6.77. The Morgan fingerprint density at radius 2 is 1.84 bits per heavy atom. The summed E-state index contributed by atoms with van der Waals surface area (Å²) < 4.78 is 16.9. The molecule has 1 saturated heterocycles. The van der Waals surface area contributed by atoms with Crippen molar-refractivity contribution in [1.29, 1.82) is 0 Å². The number of anilines is 1. The maximum absolute atomic E-state index is 13.4. The van der Waals surface area contributed by atoms with E-state index in [1.165, 1.54) is 5.56 Å². The second-order valence-corrected chi connectivity index (χ2v) is 8.68. The summed E-state index contributed by atoms with van der Waals surface area (Å²) in [6, 6.07) is 14.5. The molecule has 3 atom stereocenters.